The van der Waals surface area contributed by atoms with Gasteiger partial charge in [-0.1, -0.05) is 36.4 Å². The summed E-state index contributed by atoms with van der Waals surface area (Å²) in [6, 6.07) is 16.8. The van der Waals surface area contributed by atoms with Gasteiger partial charge in [0.1, 0.15) is 11.3 Å². The third kappa shape index (κ3) is 3.52. The standard InChI is InChI=1S/C19H15NO4/c21-18(22)6-3-11-20-19(23)14-9-7-13(8-10-14)17-12-15-4-1-2-5-16(15)24-17/h1-10,12H,11H2,(H,20,23)(H,21,22). The van der Waals surface area contributed by atoms with Gasteiger partial charge < -0.3 is 14.8 Å². The van der Waals surface area contributed by atoms with Gasteiger partial charge in [0.15, 0.2) is 0 Å². The van der Waals surface area contributed by atoms with E-state index >= 15 is 0 Å². The van der Waals surface area contributed by atoms with E-state index in [-0.39, 0.29) is 12.5 Å². The van der Waals surface area contributed by atoms with E-state index in [1.54, 1.807) is 12.1 Å². The smallest absolute Gasteiger partial charge is 0.328 e. The number of hydrogen-bond donors (Lipinski definition) is 2. The molecule has 0 aliphatic heterocycles. The molecular formula is C19H15NO4. The van der Waals surface area contributed by atoms with E-state index in [1.807, 2.05) is 42.5 Å². The highest BCUT2D eigenvalue weighted by Crippen LogP contribution is 2.27. The topological polar surface area (TPSA) is 79.5 Å². The first kappa shape index (κ1) is 15.6. The van der Waals surface area contributed by atoms with Crippen LogP contribution in [0.2, 0.25) is 0 Å². The maximum Gasteiger partial charge on any atom is 0.328 e. The van der Waals surface area contributed by atoms with Gasteiger partial charge in [0.2, 0.25) is 0 Å². The van der Waals surface area contributed by atoms with Crippen LogP contribution < -0.4 is 5.32 Å². The zero-order valence-corrected chi connectivity index (χ0v) is 12.7. The summed E-state index contributed by atoms with van der Waals surface area (Å²) in [5, 5.41) is 12.1. The first-order valence-electron chi connectivity index (χ1n) is 7.40. The van der Waals surface area contributed by atoms with Gasteiger partial charge in [-0.15, -0.1) is 0 Å². The summed E-state index contributed by atoms with van der Waals surface area (Å²) in [4.78, 5) is 22.3. The molecule has 0 bridgehead atoms. The molecule has 0 aliphatic carbocycles. The van der Waals surface area contributed by atoms with Gasteiger partial charge >= 0.3 is 5.97 Å². The van der Waals surface area contributed by atoms with E-state index in [4.69, 9.17) is 9.52 Å². The van der Waals surface area contributed by atoms with E-state index < -0.39 is 5.97 Å². The second-order valence-electron chi connectivity index (χ2n) is 5.18. The van der Waals surface area contributed by atoms with Crippen molar-refractivity contribution in [2.24, 2.45) is 0 Å². The maximum atomic E-state index is 12.0. The van der Waals surface area contributed by atoms with Gasteiger partial charge in [0.05, 0.1) is 0 Å². The molecule has 1 amide bonds. The van der Waals surface area contributed by atoms with Crippen LogP contribution in [0.5, 0.6) is 0 Å². The van der Waals surface area contributed by atoms with Crippen molar-refractivity contribution in [1.82, 2.24) is 5.32 Å². The van der Waals surface area contributed by atoms with E-state index in [0.717, 1.165) is 28.4 Å². The lowest BCUT2D eigenvalue weighted by Crippen LogP contribution is -2.23. The lowest BCUT2D eigenvalue weighted by atomic mass is 10.1. The molecule has 1 aromatic heterocycles. The van der Waals surface area contributed by atoms with Gasteiger partial charge in [-0.3, -0.25) is 4.79 Å². The summed E-state index contributed by atoms with van der Waals surface area (Å²) >= 11 is 0. The average Bonchev–Trinajstić information content (AvgIpc) is 3.02. The number of aliphatic carboxylic acids is 1. The molecule has 1 heterocycles. The number of benzene rings is 2. The van der Waals surface area contributed by atoms with Gasteiger partial charge in [0, 0.05) is 29.1 Å². The van der Waals surface area contributed by atoms with Gasteiger partial charge in [-0.2, -0.15) is 0 Å². The van der Waals surface area contributed by atoms with Gasteiger partial charge in [-0.05, 0) is 24.3 Å². The number of para-hydroxylation sites is 1. The fourth-order valence-corrected chi connectivity index (χ4v) is 2.32. The number of hydrogen-bond acceptors (Lipinski definition) is 3. The van der Waals surface area contributed by atoms with Gasteiger partial charge in [-0.25, -0.2) is 4.79 Å². The second kappa shape index (κ2) is 6.83. The van der Waals surface area contributed by atoms with Crippen LogP contribution >= 0.6 is 0 Å². The average molecular weight is 321 g/mol. The monoisotopic (exact) mass is 321 g/mol. The Balaban J connectivity index is 1.70. The number of amides is 1. The van der Waals surface area contributed by atoms with Crippen molar-refractivity contribution in [1.29, 1.82) is 0 Å². The second-order valence-corrected chi connectivity index (χ2v) is 5.18. The number of fused-ring (bicyclic) bond motifs is 1. The minimum Gasteiger partial charge on any atom is -0.478 e. The number of carbonyl (C=O) groups is 2. The number of furan rings is 1. The SMILES string of the molecule is O=C(O)C=CCNC(=O)c1ccc(-c2cc3ccccc3o2)cc1. The Hall–Kier alpha value is -3.34. The van der Waals surface area contributed by atoms with E-state index in [1.165, 1.54) is 6.08 Å². The summed E-state index contributed by atoms with van der Waals surface area (Å²) in [7, 11) is 0. The molecule has 3 rings (SSSR count). The lowest BCUT2D eigenvalue weighted by Gasteiger charge is -2.03. The Bertz CT molecular complexity index is 874. The number of nitrogens with one attached hydrogen (secondary N) is 1. The van der Waals surface area contributed by atoms with E-state index in [0.29, 0.717) is 5.56 Å². The predicted molar refractivity (Wildman–Crippen MR) is 90.8 cm³/mol. The Morgan fingerprint density at radius 3 is 2.54 bits per heavy atom. The molecule has 0 saturated heterocycles. The number of carboxylic acids is 1. The molecule has 0 atom stereocenters. The fraction of sp³-hybridized carbons (Fsp3) is 0.0526. The van der Waals surface area contributed by atoms with Crippen molar-refractivity contribution in [2.75, 3.05) is 6.54 Å². The van der Waals surface area contributed by atoms with Crippen molar-refractivity contribution in [3.05, 3.63) is 72.3 Å². The highest BCUT2D eigenvalue weighted by atomic mass is 16.4. The quantitative estimate of drug-likeness (QED) is 0.705. The summed E-state index contributed by atoms with van der Waals surface area (Å²) in [5.41, 5.74) is 2.20. The minimum atomic E-state index is -1.04. The number of carbonyl (C=O) groups excluding carboxylic acids is 1. The summed E-state index contributed by atoms with van der Waals surface area (Å²) < 4.78 is 5.79. The Kier molecular flexibility index (Phi) is 4.43. The fourth-order valence-electron chi connectivity index (χ4n) is 2.32. The zero-order chi connectivity index (χ0) is 16.9. The molecule has 0 aliphatic rings. The largest absolute Gasteiger partial charge is 0.478 e. The minimum absolute atomic E-state index is 0.163. The van der Waals surface area contributed by atoms with Crippen LogP contribution in [0.15, 0.2) is 71.2 Å². The normalized spacial score (nSPS) is 11.0. The van der Waals surface area contributed by atoms with Crippen LogP contribution in [0.25, 0.3) is 22.3 Å². The van der Waals surface area contributed by atoms with Crippen LogP contribution in [0.1, 0.15) is 10.4 Å². The molecule has 3 aromatic rings. The zero-order valence-electron chi connectivity index (χ0n) is 12.7. The Morgan fingerprint density at radius 2 is 1.83 bits per heavy atom. The van der Waals surface area contributed by atoms with Gasteiger partial charge in [0.25, 0.3) is 5.91 Å². The summed E-state index contributed by atoms with van der Waals surface area (Å²) in [5.74, 6) is -0.562. The molecule has 5 heteroatoms. The van der Waals surface area contributed by atoms with Crippen molar-refractivity contribution < 1.29 is 19.1 Å². The van der Waals surface area contributed by atoms with Crippen molar-refractivity contribution in [3.63, 3.8) is 0 Å². The van der Waals surface area contributed by atoms with Crippen LogP contribution in [0, 0.1) is 0 Å². The molecule has 24 heavy (non-hydrogen) atoms. The number of rotatable bonds is 5. The van der Waals surface area contributed by atoms with Crippen molar-refractivity contribution in [3.8, 4) is 11.3 Å². The highest BCUT2D eigenvalue weighted by Gasteiger charge is 2.08. The molecule has 0 fully saturated rings. The Morgan fingerprint density at radius 1 is 1.08 bits per heavy atom. The molecular weight excluding hydrogens is 306 g/mol. The van der Waals surface area contributed by atoms with Crippen LogP contribution in [-0.4, -0.2) is 23.5 Å². The third-order valence-corrected chi connectivity index (χ3v) is 3.50. The number of carboxylic acid groups (broad SMARTS) is 1. The molecule has 120 valence electrons. The van der Waals surface area contributed by atoms with Crippen molar-refractivity contribution >= 4 is 22.8 Å². The maximum absolute atomic E-state index is 12.0. The van der Waals surface area contributed by atoms with Crippen molar-refractivity contribution in [2.45, 2.75) is 0 Å². The molecule has 0 radical (unpaired) electrons. The lowest BCUT2D eigenvalue weighted by molar-refractivity contribution is -0.131. The van der Waals surface area contributed by atoms with E-state index in [9.17, 15) is 9.59 Å². The molecule has 0 spiro atoms. The highest BCUT2D eigenvalue weighted by molar-refractivity contribution is 5.95. The predicted octanol–water partition coefficient (Wildman–Crippen LogP) is 3.47. The van der Waals surface area contributed by atoms with Crippen LogP contribution in [0.3, 0.4) is 0 Å². The Labute approximate surface area is 138 Å². The summed E-state index contributed by atoms with van der Waals surface area (Å²) in [6.07, 6.45) is 2.37. The first-order chi connectivity index (χ1) is 11.6. The third-order valence-electron chi connectivity index (χ3n) is 3.50. The van der Waals surface area contributed by atoms with Crippen LogP contribution in [0.4, 0.5) is 0 Å². The van der Waals surface area contributed by atoms with E-state index in [2.05, 4.69) is 5.32 Å². The molecule has 0 saturated carbocycles. The molecule has 5 nitrogen and oxygen atoms in total. The first-order valence-corrected chi connectivity index (χ1v) is 7.40. The molecule has 2 N–H and O–H groups in total. The van der Waals surface area contributed by atoms with Crippen LogP contribution in [-0.2, 0) is 4.79 Å². The summed E-state index contributed by atoms with van der Waals surface area (Å²) in [6.45, 7) is 0.163. The molecule has 2 aromatic carbocycles. The molecule has 0 unspecified atom stereocenters.